The van der Waals surface area contributed by atoms with E-state index in [4.69, 9.17) is 0 Å². The monoisotopic (exact) mass is 439 g/mol. The van der Waals surface area contributed by atoms with E-state index in [2.05, 4.69) is 21.6 Å². The summed E-state index contributed by atoms with van der Waals surface area (Å²) < 4.78 is 26.3. The van der Waals surface area contributed by atoms with Crippen LogP contribution in [-0.2, 0) is 15.8 Å². The summed E-state index contributed by atoms with van der Waals surface area (Å²) in [6.45, 7) is 3.68. The Balaban J connectivity index is 1.69. The van der Waals surface area contributed by atoms with Gasteiger partial charge in [0, 0.05) is 23.3 Å². The number of hydrogen-bond acceptors (Lipinski definition) is 5. The average Bonchev–Trinajstić information content (AvgIpc) is 2.74. The van der Waals surface area contributed by atoms with Crippen molar-refractivity contribution in [2.24, 2.45) is 0 Å². The van der Waals surface area contributed by atoms with Crippen molar-refractivity contribution in [2.75, 3.05) is 11.9 Å². The van der Waals surface area contributed by atoms with Gasteiger partial charge in [-0.2, -0.15) is 0 Å². The molecule has 3 rings (SSSR count). The maximum atomic E-state index is 12.8. The van der Waals surface area contributed by atoms with Crippen LogP contribution in [0.3, 0.4) is 0 Å². The van der Waals surface area contributed by atoms with Gasteiger partial charge in [0.15, 0.2) is 0 Å². The Morgan fingerprint density at radius 2 is 1.77 bits per heavy atom. The number of hydrogen-bond donors (Lipinski definition) is 2. The molecule has 0 unspecified atom stereocenters. The highest BCUT2D eigenvalue weighted by molar-refractivity contribution is 7.99. The molecule has 0 saturated carbocycles. The van der Waals surface area contributed by atoms with Crippen molar-refractivity contribution in [1.29, 1.82) is 0 Å². The number of amides is 1. The molecule has 0 bridgehead atoms. The molecule has 0 atom stereocenters. The first kappa shape index (κ1) is 21.8. The van der Waals surface area contributed by atoms with Crippen molar-refractivity contribution in [3.63, 3.8) is 0 Å². The summed E-state index contributed by atoms with van der Waals surface area (Å²) in [5, 5.41) is 3.45. The molecule has 1 aromatic heterocycles. The standard InChI is InChI=1S/C22H21N3O3S2/c1-2-14-24-30(27,28)16-17-10-12-18(13-11-17)25-21(26)20-9-6-15-23-22(20)29-19-7-4-3-5-8-19/h2-13,15,24H,1,14,16H2,(H,25,26). The first-order chi connectivity index (χ1) is 14.5. The second-order valence-corrected chi connectivity index (χ2v) is 9.19. The van der Waals surface area contributed by atoms with Crippen LogP contribution in [0.5, 0.6) is 0 Å². The zero-order valence-corrected chi connectivity index (χ0v) is 17.7. The van der Waals surface area contributed by atoms with Crippen molar-refractivity contribution in [3.05, 3.63) is 96.7 Å². The largest absolute Gasteiger partial charge is 0.322 e. The fraction of sp³-hybridized carbons (Fsp3) is 0.0909. The number of sulfonamides is 1. The van der Waals surface area contributed by atoms with E-state index in [0.29, 0.717) is 21.8 Å². The lowest BCUT2D eigenvalue weighted by Crippen LogP contribution is -2.25. The van der Waals surface area contributed by atoms with Gasteiger partial charge in [-0.05, 0) is 42.0 Å². The Bertz CT molecular complexity index is 1120. The Kier molecular flexibility index (Phi) is 7.40. The third-order valence-corrected chi connectivity index (χ3v) is 6.34. The zero-order chi connectivity index (χ0) is 21.4. The molecule has 0 aliphatic heterocycles. The number of benzene rings is 2. The summed E-state index contributed by atoms with van der Waals surface area (Å²) in [5.41, 5.74) is 1.65. The van der Waals surface area contributed by atoms with E-state index in [1.807, 2.05) is 30.3 Å². The Morgan fingerprint density at radius 1 is 1.03 bits per heavy atom. The van der Waals surface area contributed by atoms with Crippen molar-refractivity contribution < 1.29 is 13.2 Å². The number of nitrogens with one attached hydrogen (secondary N) is 2. The molecule has 2 N–H and O–H groups in total. The lowest BCUT2D eigenvalue weighted by molar-refractivity contribution is 0.102. The van der Waals surface area contributed by atoms with Gasteiger partial charge in [0.25, 0.3) is 5.91 Å². The lowest BCUT2D eigenvalue weighted by Gasteiger charge is -2.10. The van der Waals surface area contributed by atoms with Crippen LogP contribution in [0.1, 0.15) is 15.9 Å². The highest BCUT2D eigenvalue weighted by Crippen LogP contribution is 2.28. The number of aromatic nitrogens is 1. The van der Waals surface area contributed by atoms with E-state index >= 15 is 0 Å². The minimum absolute atomic E-state index is 0.143. The normalized spacial score (nSPS) is 11.1. The van der Waals surface area contributed by atoms with Gasteiger partial charge in [-0.3, -0.25) is 4.79 Å². The second-order valence-electron chi connectivity index (χ2n) is 6.32. The van der Waals surface area contributed by atoms with Crippen molar-refractivity contribution in [1.82, 2.24) is 9.71 Å². The molecule has 30 heavy (non-hydrogen) atoms. The maximum Gasteiger partial charge on any atom is 0.258 e. The van der Waals surface area contributed by atoms with E-state index in [0.717, 1.165) is 4.90 Å². The molecule has 0 saturated heterocycles. The molecule has 0 aliphatic carbocycles. The van der Waals surface area contributed by atoms with Crippen LogP contribution in [-0.4, -0.2) is 25.9 Å². The smallest absolute Gasteiger partial charge is 0.258 e. The summed E-state index contributed by atoms with van der Waals surface area (Å²) >= 11 is 1.42. The van der Waals surface area contributed by atoms with Crippen LogP contribution in [0.15, 0.2) is 95.5 Å². The summed E-state index contributed by atoms with van der Waals surface area (Å²) in [4.78, 5) is 18.1. The average molecular weight is 440 g/mol. The van der Waals surface area contributed by atoms with Crippen LogP contribution in [0.4, 0.5) is 5.69 Å². The van der Waals surface area contributed by atoms with Gasteiger partial charge in [-0.15, -0.1) is 6.58 Å². The topological polar surface area (TPSA) is 88.2 Å². The summed E-state index contributed by atoms with van der Waals surface area (Å²) in [6, 6.07) is 19.8. The van der Waals surface area contributed by atoms with Gasteiger partial charge in [-0.25, -0.2) is 18.1 Å². The molecule has 2 aromatic carbocycles. The third kappa shape index (κ3) is 6.28. The van der Waals surface area contributed by atoms with Crippen molar-refractivity contribution >= 4 is 33.4 Å². The minimum atomic E-state index is -3.43. The predicted octanol–water partition coefficient (Wildman–Crippen LogP) is 4.09. The van der Waals surface area contributed by atoms with Gasteiger partial charge in [0.2, 0.25) is 10.0 Å². The predicted molar refractivity (Wildman–Crippen MR) is 120 cm³/mol. The van der Waals surface area contributed by atoms with Crippen LogP contribution in [0.25, 0.3) is 0 Å². The number of pyridine rings is 1. The second kappa shape index (κ2) is 10.2. The van der Waals surface area contributed by atoms with Crippen molar-refractivity contribution in [2.45, 2.75) is 15.7 Å². The van der Waals surface area contributed by atoms with E-state index in [1.165, 1.54) is 17.8 Å². The molecule has 0 radical (unpaired) electrons. The molecule has 1 amide bonds. The van der Waals surface area contributed by atoms with Gasteiger partial charge >= 0.3 is 0 Å². The molecular weight excluding hydrogens is 418 g/mol. The highest BCUT2D eigenvalue weighted by Gasteiger charge is 2.14. The fourth-order valence-electron chi connectivity index (χ4n) is 2.58. The Hall–Kier alpha value is -2.94. The van der Waals surface area contributed by atoms with Gasteiger partial charge in [0.05, 0.1) is 11.3 Å². The molecule has 0 aliphatic rings. The van der Waals surface area contributed by atoms with E-state index in [9.17, 15) is 13.2 Å². The number of carbonyl (C=O) groups is 1. The van der Waals surface area contributed by atoms with E-state index in [1.54, 1.807) is 42.6 Å². The maximum absolute atomic E-state index is 12.8. The molecule has 1 heterocycles. The summed E-state index contributed by atoms with van der Waals surface area (Å²) in [6.07, 6.45) is 3.14. The number of rotatable bonds is 9. The molecule has 3 aromatic rings. The van der Waals surface area contributed by atoms with Gasteiger partial charge in [-0.1, -0.05) is 48.2 Å². The molecule has 0 spiro atoms. The number of anilines is 1. The van der Waals surface area contributed by atoms with Gasteiger partial charge in [0.1, 0.15) is 5.03 Å². The number of carbonyl (C=O) groups excluding carboxylic acids is 1. The van der Waals surface area contributed by atoms with E-state index in [-0.39, 0.29) is 18.2 Å². The summed E-state index contributed by atoms with van der Waals surface area (Å²) in [7, 11) is -3.43. The van der Waals surface area contributed by atoms with Crippen molar-refractivity contribution in [3.8, 4) is 0 Å². The first-order valence-electron chi connectivity index (χ1n) is 9.13. The first-order valence-corrected chi connectivity index (χ1v) is 11.6. The quantitative estimate of drug-likeness (QED) is 0.490. The van der Waals surface area contributed by atoms with Crippen LogP contribution >= 0.6 is 11.8 Å². The molecule has 8 heteroatoms. The molecule has 6 nitrogen and oxygen atoms in total. The Morgan fingerprint density at radius 3 is 2.47 bits per heavy atom. The zero-order valence-electron chi connectivity index (χ0n) is 16.1. The summed E-state index contributed by atoms with van der Waals surface area (Å²) in [5.74, 6) is -0.426. The van der Waals surface area contributed by atoms with Crippen LogP contribution in [0.2, 0.25) is 0 Å². The molecular formula is C22H21N3O3S2. The van der Waals surface area contributed by atoms with Crippen LogP contribution in [0, 0.1) is 0 Å². The highest BCUT2D eigenvalue weighted by atomic mass is 32.2. The third-order valence-electron chi connectivity index (χ3n) is 3.99. The van der Waals surface area contributed by atoms with Crippen LogP contribution < -0.4 is 10.0 Å². The molecule has 154 valence electrons. The molecule has 0 fully saturated rings. The Labute approximate surface area is 180 Å². The van der Waals surface area contributed by atoms with Gasteiger partial charge < -0.3 is 5.32 Å². The minimum Gasteiger partial charge on any atom is -0.322 e. The number of nitrogens with zero attached hydrogens (tertiary/aromatic N) is 1. The van der Waals surface area contributed by atoms with E-state index < -0.39 is 10.0 Å². The fourth-order valence-corrected chi connectivity index (χ4v) is 4.59. The lowest BCUT2D eigenvalue weighted by atomic mass is 10.2. The SMILES string of the molecule is C=CCNS(=O)(=O)Cc1ccc(NC(=O)c2cccnc2Sc2ccccc2)cc1.